The van der Waals surface area contributed by atoms with E-state index in [1.54, 1.807) is 0 Å². The fourth-order valence-corrected chi connectivity index (χ4v) is 4.04. The molecule has 2 aromatic carbocycles. The number of carbonyl (C=O) groups excluding carboxylic acids is 1. The standard InChI is InChI=1S/C24H29N3O/c1-19-9-11-20(12-10-19)17-27-18-21(22-6-2-3-7-23(22)27)16-25-13-5-15-26-14-4-8-24(26)28/h2-3,6-7,9-12,18,25H,4-5,8,13-17H2,1H3. The number of benzene rings is 2. The fourth-order valence-electron chi connectivity index (χ4n) is 4.04. The minimum absolute atomic E-state index is 0.319. The second-order valence-electron chi connectivity index (χ2n) is 7.80. The molecule has 2 heterocycles. The number of carbonyl (C=O) groups is 1. The van der Waals surface area contributed by atoms with Gasteiger partial charge in [0.2, 0.25) is 5.91 Å². The zero-order chi connectivity index (χ0) is 19.3. The lowest BCUT2D eigenvalue weighted by Gasteiger charge is -2.15. The Kier molecular flexibility index (Phi) is 5.77. The summed E-state index contributed by atoms with van der Waals surface area (Å²) >= 11 is 0. The quantitative estimate of drug-likeness (QED) is 0.602. The van der Waals surface area contributed by atoms with E-state index in [1.165, 1.54) is 27.6 Å². The second-order valence-corrected chi connectivity index (χ2v) is 7.80. The summed E-state index contributed by atoms with van der Waals surface area (Å²) in [6.45, 7) is 6.61. The maximum Gasteiger partial charge on any atom is 0.222 e. The minimum atomic E-state index is 0.319. The van der Waals surface area contributed by atoms with Crippen molar-refractivity contribution in [1.82, 2.24) is 14.8 Å². The molecule has 1 N–H and O–H groups in total. The van der Waals surface area contributed by atoms with E-state index < -0.39 is 0 Å². The molecule has 4 nitrogen and oxygen atoms in total. The van der Waals surface area contributed by atoms with Crippen LogP contribution in [0.3, 0.4) is 0 Å². The average Bonchev–Trinajstić information content (AvgIpc) is 3.27. The van der Waals surface area contributed by atoms with Gasteiger partial charge in [-0.05, 0) is 43.5 Å². The van der Waals surface area contributed by atoms with Crippen molar-refractivity contribution in [1.29, 1.82) is 0 Å². The van der Waals surface area contributed by atoms with Gasteiger partial charge in [-0.15, -0.1) is 0 Å². The Balaban J connectivity index is 1.38. The molecule has 1 amide bonds. The van der Waals surface area contributed by atoms with Crippen LogP contribution in [0, 0.1) is 6.92 Å². The van der Waals surface area contributed by atoms with Gasteiger partial charge in [0.05, 0.1) is 0 Å². The molecule has 0 aliphatic carbocycles. The van der Waals surface area contributed by atoms with Crippen LogP contribution in [-0.4, -0.2) is 35.0 Å². The molecule has 0 bridgehead atoms. The van der Waals surface area contributed by atoms with Crippen molar-refractivity contribution in [3.8, 4) is 0 Å². The Hall–Kier alpha value is -2.59. The number of nitrogens with zero attached hydrogens (tertiary/aromatic N) is 2. The van der Waals surface area contributed by atoms with Gasteiger partial charge in [0.15, 0.2) is 0 Å². The van der Waals surface area contributed by atoms with E-state index in [1.807, 2.05) is 4.90 Å². The summed E-state index contributed by atoms with van der Waals surface area (Å²) in [6.07, 6.45) is 5.04. The molecule has 0 radical (unpaired) electrons. The normalized spacial score (nSPS) is 14.3. The smallest absolute Gasteiger partial charge is 0.222 e. The Morgan fingerprint density at radius 1 is 1.07 bits per heavy atom. The largest absolute Gasteiger partial charge is 0.343 e. The van der Waals surface area contributed by atoms with E-state index >= 15 is 0 Å². The highest BCUT2D eigenvalue weighted by Gasteiger charge is 2.18. The van der Waals surface area contributed by atoms with E-state index in [0.29, 0.717) is 5.91 Å². The highest BCUT2D eigenvalue weighted by molar-refractivity contribution is 5.84. The van der Waals surface area contributed by atoms with Gasteiger partial charge in [-0.3, -0.25) is 4.79 Å². The van der Waals surface area contributed by atoms with Crippen molar-refractivity contribution in [2.45, 2.75) is 39.3 Å². The van der Waals surface area contributed by atoms with E-state index in [4.69, 9.17) is 0 Å². The molecule has 1 aliphatic heterocycles. The molecular weight excluding hydrogens is 346 g/mol. The van der Waals surface area contributed by atoms with Gasteiger partial charge >= 0.3 is 0 Å². The summed E-state index contributed by atoms with van der Waals surface area (Å²) in [5.41, 5.74) is 5.23. The number of hydrogen-bond acceptors (Lipinski definition) is 2. The van der Waals surface area contributed by atoms with Crippen LogP contribution in [0.15, 0.2) is 54.7 Å². The van der Waals surface area contributed by atoms with Crippen molar-refractivity contribution in [2.24, 2.45) is 0 Å². The van der Waals surface area contributed by atoms with Gasteiger partial charge in [-0.25, -0.2) is 0 Å². The zero-order valence-electron chi connectivity index (χ0n) is 16.7. The highest BCUT2D eigenvalue weighted by atomic mass is 16.2. The number of fused-ring (bicyclic) bond motifs is 1. The SMILES string of the molecule is Cc1ccc(Cn2cc(CNCCCN3CCCC3=O)c3ccccc32)cc1. The first-order valence-electron chi connectivity index (χ1n) is 10.3. The number of aryl methyl sites for hydroxylation is 1. The number of hydrogen-bond donors (Lipinski definition) is 1. The van der Waals surface area contributed by atoms with Crippen LogP contribution in [0.1, 0.15) is 36.0 Å². The third-order valence-corrected chi connectivity index (χ3v) is 5.61. The molecule has 3 aromatic rings. The summed E-state index contributed by atoms with van der Waals surface area (Å²) in [5.74, 6) is 0.319. The Bertz CT molecular complexity index is 942. The topological polar surface area (TPSA) is 37.3 Å². The van der Waals surface area contributed by atoms with Gasteiger partial charge < -0.3 is 14.8 Å². The lowest BCUT2D eigenvalue weighted by atomic mass is 10.1. The van der Waals surface area contributed by atoms with E-state index in [9.17, 15) is 4.79 Å². The van der Waals surface area contributed by atoms with Crippen molar-refractivity contribution >= 4 is 16.8 Å². The maximum absolute atomic E-state index is 11.7. The van der Waals surface area contributed by atoms with Gasteiger partial charge in [-0.1, -0.05) is 48.0 Å². The van der Waals surface area contributed by atoms with Crippen LogP contribution >= 0.6 is 0 Å². The molecule has 146 valence electrons. The number of para-hydroxylation sites is 1. The predicted octanol–water partition coefficient (Wildman–Crippen LogP) is 4.10. The third-order valence-electron chi connectivity index (χ3n) is 5.61. The monoisotopic (exact) mass is 375 g/mol. The predicted molar refractivity (Wildman–Crippen MR) is 114 cm³/mol. The van der Waals surface area contributed by atoms with Gasteiger partial charge in [-0.2, -0.15) is 0 Å². The first kappa shape index (κ1) is 18.8. The first-order valence-corrected chi connectivity index (χ1v) is 10.3. The van der Waals surface area contributed by atoms with Crippen LogP contribution in [0.5, 0.6) is 0 Å². The number of amides is 1. The number of rotatable bonds is 8. The summed E-state index contributed by atoms with van der Waals surface area (Å²) in [5, 5.41) is 4.88. The molecule has 0 atom stereocenters. The van der Waals surface area contributed by atoms with Crippen LogP contribution in [-0.2, 0) is 17.9 Å². The van der Waals surface area contributed by atoms with Gasteiger partial charge in [0, 0.05) is 49.7 Å². The molecule has 0 spiro atoms. The second kappa shape index (κ2) is 8.61. The molecule has 0 saturated carbocycles. The van der Waals surface area contributed by atoms with Crippen LogP contribution in [0.4, 0.5) is 0 Å². The summed E-state index contributed by atoms with van der Waals surface area (Å²) in [4.78, 5) is 13.7. The lowest BCUT2D eigenvalue weighted by molar-refractivity contribution is -0.127. The molecule has 0 unspecified atom stereocenters. The Labute approximate surface area is 167 Å². The van der Waals surface area contributed by atoms with Crippen molar-refractivity contribution < 1.29 is 4.79 Å². The Morgan fingerprint density at radius 2 is 1.89 bits per heavy atom. The molecule has 1 fully saturated rings. The third kappa shape index (κ3) is 4.28. The minimum Gasteiger partial charge on any atom is -0.343 e. The number of likely N-dealkylation sites (tertiary alicyclic amines) is 1. The maximum atomic E-state index is 11.7. The van der Waals surface area contributed by atoms with E-state index in [2.05, 4.69) is 71.5 Å². The molecule has 1 aliphatic rings. The summed E-state index contributed by atoms with van der Waals surface area (Å²) in [6, 6.07) is 17.4. The van der Waals surface area contributed by atoms with Crippen molar-refractivity contribution in [2.75, 3.05) is 19.6 Å². The van der Waals surface area contributed by atoms with Gasteiger partial charge in [0.1, 0.15) is 0 Å². The Morgan fingerprint density at radius 3 is 2.68 bits per heavy atom. The molecule has 4 heteroatoms. The van der Waals surface area contributed by atoms with Crippen molar-refractivity contribution in [3.63, 3.8) is 0 Å². The molecule has 1 saturated heterocycles. The summed E-state index contributed by atoms with van der Waals surface area (Å²) in [7, 11) is 0. The molecule has 1 aromatic heterocycles. The van der Waals surface area contributed by atoms with Crippen LogP contribution < -0.4 is 5.32 Å². The first-order chi connectivity index (χ1) is 13.7. The molecule has 4 rings (SSSR count). The van der Waals surface area contributed by atoms with E-state index in [0.717, 1.165) is 52.0 Å². The molecule has 28 heavy (non-hydrogen) atoms. The number of aromatic nitrogens is 1. The highest BCUT2D eigenvalue weighted by Crippen LogP contribution is 2.22. The average molecular weight is 376 g/mol. The van der Waals surface area contributed by atoms with E-state index in [-0.39, 0.29) is 0 Å². The number of nitrogens with one attached hydrogen (secondary N) is 1. The lowest BCUT2D eigenvalue weighted by Crippen LogP contribution is -2.28. The fraction of sp³-hybridized carbons (Fsp3) is 0.375. The van der Waals surface area contributed by atoms with Crippen LogP contribution in [0.25, 0.3) is 10.9 Å². The molecular formula is C24H29N3O. The summed E-state index contributed by atoms with van der Waals surface area (Å²) < 4.78 is 2.35. The van der Waals surface area contributed by atoms with Crippen LogP contribution in [0.2, 0.25) is 0 Å². The van der Waals surface area contributed by atoms with Gasteiger partial charge in [0.25, 0.3) is 0 Å². The zero-order valence-corrected chi connectivity index (χ0v) is 16.7. The van der Waals surface area contributed by atoms with Crippen molar-refractivity contribution in [3.05, 3.63) is 71.4 Å².